The molecule has 0 unspecified atom stereocenters. The van der Waals surface area contributed by atoms with E-state index in [0.29, 0.717) is 0 Å². The standard InChI is InChI=1S/C2H3Cl2O3PS/c3-2(4)1-7-8(5,6)9/h1H,(H2,5,6,9). The SMILES string of the molecule is OP(O)(=S)OC=C(Cl)Cl. The van der Waals surface area contributed by atoms with E-state index < -0.39 is 6.72 Å². The Morgan fingerprint density at radius 1 is 1.56 bits per heavy atom. The van der Waals surface area contributed by atoms with E-state index in [1.165, 1.54) is 0 Å². The molecule has 0 fully saturated rings. The first-order chi connectivity index (χ1) is 3.92. The zero-order valence-electron chi connectivity index (χ0n) is 3.99. The van der Waals surface area contributed by atoms with Crippen LogP contribution in [0.5, 0.6) is 0 Å². The van der Waals surface area contributed by atoms with Gasteiger partial charge in [0.1, 0.15) is 10.8 Å². The zero-order chi connectivity index (χ0) is 7.49. The van der Waals surface area contributed by atoms with Gasteiger partial charge in [0.25, 0.3) is 0 Å². The van der Waals surface area contributed by atoms with Gasteiger partial charge in [-0.05, 0) is 0 Å². The monoisotopic (exact) mass is 208 g/mol. The van der Waals surface area contributed by atoms with Crippen molar-refractivity contribution in [3.05, 3.63) is 10.8 Å². The van der Waals surface area contributed by atoms with Gasteiger partial charge in [-0.3, -0.25) is 0 Å². The van der Waals surface area contributed by atoms with Crippen molar-refractivity contribution in [3.63, 3.8) is 0 Å². The molecule has 0 amide bonds. The molecule has 0 aliphatic carbocycles. The molecule has 0 aromatic carbocycles. The Hall–Kier alpha value is 0.690. The minimum atomic E-state index is -3.63. The lowest BCUT2D eigenvalue weighted by Crippen LogP contribution is -1.76. The molecular formula is C2H3Cl2O3PS. The molecule has 0 saturated heterocycles. The molecule has 0 heterocycles. The summed E-state index contributed by atoms with van der Waals surface area (Å²) in [6.07, 6.45) is 0.768. The van der Waals surface area contributed by atoms with Crippen LogP contribution >= 0.6 is 29.9 Å². The number of rotatable bonds is 2. The number of hydrogen-bond donors (Lipinski definition) is 2. The van der Waals surface area contributed by atoms with E-state index in [0.717, 1.165) is 6.26 Å². The van der Waals surface area contributed by atoms with Gasteiger partial charge in [-0.2, -0.15) is 0 Å². The van der Waals surface area contributed by atoms with E-state index in [-0.39, 0.29) is 4.49 Å². The molecule has 0 atom stereocenters. The summed E-state index contributed by atoms with van der Waals surface area (Å²) in [6.45, 7) is -3.63. The Labute approximate surface area is 67.1 Å². The molecule has 7 heteroatoms. The molecular weight excluding hydrogens is 206 g/mol. The third kappa shape index (κ3) is 8.69. The summed E-state index contributed by atoms with van der Waals surface area (Å²) < 4.78 is 3.89. The first-order valence-corrected chi connectivity index (χ1v) is 5.05. The summed E-state index contributed by atoms with van der Waals surface area (Å²) in [5.41, 5.74) is 0. The van der Waals surface area contributed by atoms with Gasteiger partial charge in [0.15, 0.2) is 0 Å². The summed E-state index contributed by atoms with van der Waals surface area (Å²) in [4.78, 5) is 16.7. The molecule has 2 N–H and O–H groups in total. The van der Waals surface area contributed by atoms with Crippen LogP contribution in [-0.4, -0.2) is 9.79 Å². The van der Waals surface area contributed by atoms with Gasteiger partial charge < -0.3 is 14.3 Å². The quantitative estimate of drug-likeness (QED) is 0.534. The Balaban J connectivity index is 3.79. The van der Waals surface area contributed by atoms with Crippen LogP contribution in [0, 0.1) is 0 Å². The van der Waals surface area contributed by atoms with Gasteiger partial charge in [-0.25, -0.2) is 0 Å². The summed E-state index contributed by atoms with van der Waals surface area (Å²) in [5.74, 6) is 0. The van der Waals surface area contributed by atoms with Crippen molar-refractivity contribution in [2.24, 2.45) is 0 Å². The first kappa shape index (κ1) is 9.69. The molecule has 0 aliphatic rings. The molecule has 3 nitrogen and oxygen atoms in total. The van der Waals surface area contributed by atoms with Crippen molar-refractivity contribution in [2.45, 2.75) is 0 Å². The number of halogens is 2. The van der Waals surface area contributed by atoms with Crippen LogP contribution in [0.4, 0.5) is 0 Å². The second-order valence-electron chi connectivity index (χ2n) is 1.00. The smallest absolute Gasteiger partial charge is 0.374 e. The highest BCUT2D eigenvalue weighted by Crippen LogP contribution is 2.37. The van der Waals surface area contributed by atoms with Crippen molar-refractivity contribution >= 4 is 41.7 Å². The molecule has 9 heavy (non-hydrogen) atoms. The first-order valence-electron chi connectivity index (χ1n) is 1.67. The third-order valence-corrected chi connectivity index (χ3v) is 1.10. The van der Waals surface area contributed by atoms with Crippen molar-refractivity contribution in [3.8, 4) is 0 Å². The summed E-state index contributed by atoms with van der Waals surface area (Å²) >= 11 is 14.1. The lowest BCUT2D eigenvalue weighted by molar-refractivity contribution is 0.338. The predicted molar refractivity (Wildman–Crippen MR) is 39.6 cm³/mol. The molecule has 0 rings (SSSR count). The van der Waals surface area contributed by atoms with Crippen LogP contribution in [0.2, 0.25) is 0 Å². The third-order valence-electron chi connectivity index (χ3n) is 0.279. The second kappa shape index (κ2) is 3.76. The number of hydrogen-bond acceptors (Lipinski definition) is 2. The minimum Gasteiger partial charge on any atom is -0.430 e. The van der Waals surface area contributed by atoms with Crippen LogP contribution in [0.3, 0.4) is 0 Å². The van der Waals surface area contributed by atoms with Gasteiger partial charge in [0.2, 0.25) is 0 Å². The van der Waals surface area contributed by atoms with Crippen molar-refractivity contribution in [1.29, 1.82) is 0 Å². The van der Waals surface area contributed by atoms with E-state index in [2.05, 4.69) is 16.3 Å². The Kier molecular flexibility index (Phi) is 4.05. The van der Waals surface area contributed by atoms with Crippen LogP contribution in [0.25, 0.3) is 0 Å². The Morgan fingerprint density at radius 3 is 2.11 bits per heavy atom. The highest BCUT2D eigenvalue weighted by Gasteiger charge is 2.04. The predicted octanol–water partition coefficient (Wildman–Crippen LogP) is 1.49. The van der Waals surface area contributed by atoms with Crippen LogP contribution in [-0.2, 0) is 16.3 Å². The maximum atomic E-state index is 8.36. The van der Waals surface area contributed by atoms with Crippen LogP contribution in [0.1, 0.15) is 0 Å². The molecule has 0 saturated carbocycles. The zero-order valence-corrected chi connectivity index (χ0v) is 7.21. The fraction of sp³-hybridized carbons (Fsp3) is 0. The summed E-state index contributed by atoms with van der Waals surface area (Å²) in [6, 6.07) is 0. The Bertz CT molecular complexity index is 159. The van der Waals surface area contributed by atoms with Gasteiger partial charge >= 0.3 is 6.72 Å². The normalized spacial score (nSPS) is 10.7. The average Bonchev–Trinajstić information content (AvgIpc) is 1.59. The van der Waals surface area contributed by atoms with E-state index in [4.69, 9.17) is 33.0 Å². The minimum absolute atomic E-state index is 0.215. The molecule has 0 aliphatic heterocycles. The maximum Gasteiger partial charge on any atom is 0.374 e. The van der Waals surface area contributed by atoms with E-state index in [1.807, 2.05) is 0 Å². The van der Waals surface area contributed by atoms with E-state index in [1.54, 1.807) is 0 Å². The highest BCUT2D eigenvalue weighted by atomic mass is 35.5. The average molecular weight is 209 g/mol. The lowest BCUT2D eigenvalue weighted by Gasteiger charge is -2.03. The second-order valence-corrected chi connectivity index (χ2v) is 4.63. The maximum absolute atomic E-state index is 8.36. The molecule has 0 radical (unpaired) electrons. The topological polar surface area (TPSA) is 49.7 Å². The van der Waals surface area contributed by atoms with E-state index in [9.17, 15) is 0 Å². The van der Waals surface area contributed by atoms with E-state index >= 15 is 0 Å². The fourth-order valence-corrected chi connectivity index (χ4v) is 0.694. The van der Waals surface area contributed by atoms with Gasteiger partial charge in [-0.15, -0.1) is 0 Å². The summed E-state index contributed by atoms with van der Waals surface area (Å²) in [7, 11) is 0. The van der Waals surface area contributed by atoms with Gasteiger partial charge in [0, 0.05) is 11.8 Å². The van der Waals surface area contributed by atoms with Crippen LogP contribution in [0.15, 0.2) is 10.8 Å². The Morgan fingerprint density at radius 2 is 2.00 bits per heavy atom. The molecule has 54 valence electrons. The van der Waals surface area contributed by atoms with Crippen molar-refractivity contribution in [2.75, 3.05) is 0 Å². The summed E-state index contributed by atoms with van der Waals surface area (Å²) in [5, 5.41) is 0. The van der Waals surface area contributed by atoms with Crippen molar-refractivity contribution in [1.82, 2.24) is 0 Å². The fourth-order valence-electron chi connectivity index (χ4n) is 0.108. The molecule has 0 aromatic rings. The highest BCUT2D eigenvalue weighted by molar-refractivity contribution is 8.06. The molecule has 0 aromatic heterocycles. The molecule has 0 spiro atoms. The lowest BCUT2D eigenvalue weighted by atomic mass is 11.2. The largest absolute Gasteiger partial charge is 0.430 e. The van der Waals surface area contributed by atoms with Crippen LogP contribution < -0.4 is 0 Å². The van der Waals surface area contributed by atoms with Crippen molar-refractivity contribution < 1.29 is 14.3 Å². The van der Waals surface area contributed by atoms with Gasteiger partial charge in [0.05, 0.1) is 0 Å². The molecule has 0 bridgehead atoms. The van der Waals surface area contributed by atoms with Gasteiger partial charge in [-0.1, -0.05) is 23.2 Å².